The minimum absolute atomic E-state index is 0.176. The van der Waals surface area contributed by atoms with Crippen LogP contribution in [0.25, 0.3) is 0 Å². The summed E-state index contributed by atoms with van der Waals surface area (Å²) in [7, 11) is 5.99. The van der Waals surface area contributed by atoms with Crippen LogP contribution < -0.4 is 0 Å². The molecule has 0 aromatic carbocycles. The minimum Gasteiger partial charge on any atom is -0.477 e. The van der Waals surface area contributed by atoms with Gasteiger partial charge in [0, 0.05) is 12.8 Å². The third-order valence-corrected chi connectivity index (χ3v) is 17.7. The maximum atomic E-state index is 13.0. The Morgan fingerprint density at radius 1 is 0.345 bits per heavy atom. The molecular formula is C78H150NO8+. The Morgan fingerprint density at radius 2 is 0.621 bits per heavy atom. The lowest BCUT2D eigenvalue weighted by Gasteiger charge is -2.25. The van der Waals surface area contributed by atoms with Crippen LogP contribution in [-0.2, 0) is 33.3 Å². The highest BCUT2D eigenvalue weighted by Gasteiger charge is 2.25. The predicted octanol–water partition coefficient (Wildman–Crippen LogP) is 24.1. The molecule has 1 N–H and O–H groups in total. The highest BCUT2D eigenvalue weighted by molar-refractivity contribution is 5.71. The van der Waals surface area contributed by atoms with E-state index in [9.17, 15) is 19.5 Å². The van der Waals surface area contributed by atoms with Gasteiger partial charge in [0.15, 0.2) is 6.10 Å². The summed E-state index contributed by atoms with van der Waals surface area (Å²) in [5.74, 6) is -1.97. The molecule has 2 atom stereocenters. The van der Waals surface area contributed by atoms with Gasteiger partial charge in [-0.3, -0.25) is 9.59 Å². The number of hydrogen-bond acceptors (Lipinski definition) is 7. The van der Waals surface area contributed by atoms with E-state index in [2.05, 4.69) is 38.2 Å². The van der Waals surface area contributed by atoms with E-state index < -0.39 is 18.4 Å². The normalized spacial score (nSPS) is 12.7. The monoisotopic (exact) mass is 1230 g/mol. The number of unbranched alkanes of at least 4 members (excludes halogenated alkanes) is 54. The van der Waals surface area contributed by atoms with Crippen LogP contribution in [0.4, 0.5) is 0 Å². The highest BCUT2D eigenvalue weighted by atomic mass is 16.7. The largest absolute Gasteiger partial charge is 0.477 e. The molecule has 0 bridgehead atoms. The molecule has 0 rings (SSSR count). The first-order valence-corrected chi connectivity index (χ1v) is 38.5. The van der Waals surface area contributed by atoms with Gasteiger partial charge < -0.3 is 28.5 Å². The minimum atomic E-state index is -1.51. The topological polar surface area (TPSA) is 108 Å². The smallest absolute Gasteiger partial charge is 0.361 e. The zero-order valence-electron chi connectivity index (χ0n) is 59.0. The molecule has 0 aliphatic heterocycles. The number of aliphatic carboxylic acids is 1. The van der Waals surface area contributed by atoms with Crippen molar-refractivity contribution in [3.63, 3.8) is 0 Å². The molecule has 0 aliphatic rings. The summed E-state index contributed by atoms with van der Waals surface area (Å²) in [6.45, 7) is 4.95. The first kappa shape index (κ1) is 84.8. The number of allylic oxidation sites excluding steroid dienone is 4. The molecule has 0 fully saturated rings. The van der Waals surface area contributed by atoms with Gasteiger partial charge >= 0.3 is 17.9 Å². The van der Waals surface area contributed by atoms with Crippen molar-refractivity contribution < 1.29 is 42.9 Å². The summed E-state index contributed by atoms with van der Waals surface area (Å²) in [6.07, 6.45) is 84.7. The third kappa shape index (κ3) is 71.1. The van der Waals surface area contributed by atoms with Gasteiger partial charge in [-0.25, -0.2) is 4.79 Å². The number of carbonyl (C=O) groups is 3. The summed E-state index contributed by atoms with van der Waals surface area (Å²) < 4.78 is 23.0. The molecule has 0 aromatic rings. The van der Waals surface area contributed by atoms with Crippen LogP contribution in [0.5, 0.6) is 0 Å². The second-order valence-corrected chi connectivity index (χ2v) is 27.7. The molecule has 0 saturated heterocycles. The highest BCUT2D eigenvalue weighted by Crippen LogP contribution is 2.20. The summed E-state index contributed by atoms with van der Waals surface area (Å²) >= 11 is 0. The average Bonchev–Trinajstić information content (AvgIpc) is 3.59. The fraction of sp³-hybridized carbons (Fsp3) is 0.910. The second kappa shape index (κ2) is 69.7. The number of nitrogens with zero attached hydrogens (tertiary/aromatic N) is 1. The molecule has 0 radical (unpaired) electrons. The quantitative estimate of drug-likeness (QED) is 0.0211. The summed E-state index contributed by atoms with van der Waals surface area (Å²) in [5.41, 5.74) is 0. The summed E-state index contributed by atoms with van der Waals surface area (Å²) in [5, 5.41) is 9.76. The van der Waals surface area contributed by atoms with E-state index in [1.165, 1.54) is 327 Å². The molecule has 87 heavy (non-hydrogen) atoms. The zero-order chi connectivity index (χ0) is 63.3. The Bertz CT molecular complexity index is 1480. The number of carboxylic acids is 1. The van der Waals surface area contributed by atoms with Crippen LogP contribution in [0.2, 0.25) is 0 Å². The maximum absolute atomic E-state index is 13.0. The number of esters is 2. The van der Waals surface area contributed by atoms with Gasteiger partial charge in [0.05, 0.1) is 34.4 Å². The number of likely N-dealkylation sites (N-methyl/N-ethyl adjacent to an activating group) is 1. The van der Waals surface area contributed by atoms with E-state index in [4.69, 9.17) is 18.9 Å². The van der Waals surface area contributed by atoms with Crippen molar-refractivity contribution in [2.75, 3.05) is 47.5 Å². The van der Waals surface area contributed by atoms with E-state index in [0.717, 1.165) is 44.9 Å². The third-order valence-electron chi connectivity index (χ3n) is 17.7. The molecule has 2 unspecified atom stereocenters. The van der Waals surface area contributed by atoms with Crippen molar-refractivity contribution >= 4 is 17.9 Å². The van der Waals surface area contributed by atoms with E-state index in [1.54, 1.807) is 0 Å². The summed E-state index contributed by atoms with van der Waals surface area (Å²) in [6, 6.07) is 0. The second-order valence-electron chi connectivity index (χ2n) is 27.7. The number of rotatable bonds is 73. The van der Waals surface area contributed by atoms with E-state index in [-0.39, 0.29) is 38.2 Å². The van der Waals surface area contributed by atoms with Crippen molar-refractivity contribution in [2.24, 2.45) is 0 Å². The number of carboxylic acid groups (broad SMARTS) is 1. The van der Waals surface area contributed by atoms with Gasteiger partial charge in [-0.05, 0) is 44.9 Å². The molecule has 514 valence electrons. The van der Waals surface area contributed by atoms with Gasteiger partial charge in [-0.2, -0.15) is 0 Å². The van der Waals surface area contributed by atoms with Crippen LogP contribution in [0.15, 0.2) is 24.3 Å². The van der Waals surface area contributed by atoms with Crippen molar-refractivity contribution in [3.8, 4) is 0 Å². The molecule has 0 aliphatic carbocycles. The van der Waals surface area contributed by atoms with Gasteiger partial charge in [0.1, 0.15) is 13.2 Å². The van der Waals surface area contributed by atoms with Gasteiger partial charge in [0.2, 0.25) is 0 Å². The van der Waals surface area contributed by atoms with Gasteiger partial charge in [-0.1, -0.05) is 366 Å². The lowest BCUT2D eigenvalue weighted by atomic mass is 10.0. The first-order valence-electron chi connectivity index (χ1n) is 38.5. The van der Waals surface area contributed by atoms with Crippen molar-refractivity contribution in [3.05, 3.63) is 24.3 Å². The molecule has 0 amide bonds. The summed E-state index contributed by atoms with van der Waals surface area (Å²) in [4.78, 5) is 37.7. The average molecular weight is 1230 g/mol. The van der Waals surface area contributed by atoms with Crippen LogP contribution in [0, 0.1) is 0 Å². The van der Waals surface area contributed by atoms with Gasteiger partial charge in [0.25, 0.3) is 6.29 Å². The number of ether oxygens (including phenoxy) is 4. The number of carbonyl (C=O) groups excluding carboxylic acids is 2. The molecule has 9 heteroatoms. The molecule has 9 nitrogen and oxygen atoms in total. The fourth-order valence-corrected chi connectivity index (χ4v) is 11.8. The lowest BCUT2D eigenvalue weighted by molar-refractivity contribution is -0.870. The number of hydrogen-bond donors (Lipinski definition) is 1. The Morgan fingerprint density at radius 3 is 0.908 bits per heavy atom. The van der Waals surface area contributed by atoms with Crippen LogP contribution in [-0.4, -0.2) is 87.4 Å². The molecule has 0 spiro atoms. The fourth-order valence-electron chi connectivity index (χ4n) is 11.8. The van der Waals surface area contributed by atoms with E-state index in [1.807, 2.05) is 21.1 Å². The molecular weight excluding hydrogens is 1080 g/mol. The van der Waals surface area contributed by atoms with Crippen LogP contribution in [0.3, 0.4) is 0 Å². The zero-order valence-corrected chi connectivity index (χ0v) is 59.0. The lowest BCUT2D eigenvalue weighted by Crippen LogP contribution is -2.40. The Hall–Kier alpha value is -2.23. The molecule has 0 heterocycles. The van der Waals surface area contributed by atoms with Gasteiger partial charge in [-0.15, -0.1) is 0 Å². The SMILES string of the molecule is CCCCCCC/C=C\C/C=C\CCCCCCCCCCCCCCCC(=O)OC(COC(=O)CCCCCCCCCCCCCCCCCCCCCCCCCCCCCCCCCCCCCCC)COC(OCC[N+](C)(C)C)C(=O)O. The Balaban J connectivity index is 3.96. The van der Waals surface area contributed by atoms with Crippen molar-refractivity contribution in [1.82, 2.24) is 0 Å². The van der Waals surface area contributed by atoms with E-state index in [0.29, 0.717) is 17.4 Å². The molecule has 0 saturated carbocycles. The van der Waals surface area contributed by atoms with Crippen LogP contribution in [0.1, 0.15) is 399 Å². The standard InChI is InChI=1S/C78H149NO8/c1-6-8-10-12-14-16-18-20-22-24-26-28-30-32-33-34-35-36-37-38-39-40-41-42-43-45-46-48-50-52-54-56-58-60-62-64-66-68-75(80)85-72-74(73-86-78(77(82)83)84-71-70-79(3,4)5)87-76(81)69-67-65-63-61-59-57-55-53-51-49-47-44-31-29-27-25-23-21-19-17-15-13-11-9-7-2/h19,21,25,27,74,78H,6-18,20,22-24,26,28-73H2,1-5H3/p+1/b21-19-,27-25-. The first-order chi connectivity index (χ1) is 42.6. The Kier molecular flexibility index (Phi) is 67.9. The van der Waals surface area contributed by atoms with Crippen molar-refractivity contribution in [2.45, 2.75) is 411 Å². The van der Waals surface area contributed by atoms with Crippen molar-refractivity contribution in [1.29, 1.82) is 0 Å². The Labute approximate surface area is 541 Å². The number of quaternary nitrogens is 1. The van der Waals surface area contributed by atoms with E-state index >= 15 is 0 Å². The maximum Gasteiger partial charge on any atom is 0.361 e. The predicted molar refractivity (Wildman–Crippen MR) is 374 cm³/mol. The molecule has 0 aromatic heterocycles. The van der Waals surface area contributed by atoms with Crippen LogP contribution >= 0.6 is 0 Å².